The van der Waals surface area contributed by atoms with Crippen LogP contribution in [-0.2, 0) is 17.8 Å². The Hall–Kier alpha value is -2.09. The molecule has 8 heteroatoms. The molecule has 0 radical (unpaired) electrons. The van der Waals surface area contributed by atoms with E-state index in [0.717, 1.165) is 28.6 Å². The van der Waals surface area contributed by atoms with Gasteiger partial charge in [0.05, 0.1) is 0 Å². The zero-order chi connectivity index (χ0) is 17.1. The van der Waals surface area contributed by atoms with Gasteiger partial charge in [0.1, 0.15) is 0 Å². The van der Waals surface area contributed by atoms with Crippen molar-refractivity contribution >= 4 is 21.8 Å². The van der Waals surface area contributed by atoms with Crippen LogP contribution in [0.15, 0.2) is 38.3 Å². The Morgan fingerprint density at radius 2 is 1.92 bits per heavy atom. The minimum atomic E-state index is -0.467. The molecule has 1 amide bonds. The van der Waals surface area contributed by atoms with Crippen molar-refractivity contribution in [3.63, 3.8) is 0 Å². The summed E-state index contributed by atoms with van der Waals surface area (Å²) in [5.74, 6) is 0.582. The molecular weight excluding hydrogens is 376 g/mol. The normalized spacial score (nSPS) is 14.6. The Morgan fingerprint density at radius 1 is 1.21 bits per heavy atom. The van der Waals surface area contributed by atoms with Gasteiger partial charge in [-0.05, 0) is 36.5 Å². The molecule has 1 aromatic heterocycles. The van der Waals surface area contributed by atoms with Gasteiger partial charge in [-0.15, -0.1) is 0 Å². The number of aromatic amines is 2. The van der Waals surface area contributed by atoms with E-state index in [4.69, 9.17) is 0 Å². The first-order valence-electron chi connectivity index (χ1n) is 7.92. The van der Waals surface area contributed by atoms with E-state index in [9.17, 15) is 14.4 Å². The number of likely N-dealkylation sites (tertiary alicyclic amines) is 1. The van der Waals surface area contributed by atoms with Crippen LogP contribution in [0.4, 0.5) is 0 Å². The van der Waals surface area contributed by atoms with E-state index in [1.807, 2.05) is 17.0 Å². The number of nitrogens with one attached hydrogen (secondary N) is 2. The van der Waals surface area contributed by atoms with Crippen LogP contribution in [0.2, 0.25) is 0 Å². The van der Waals surface area contributed by atoms with Gasteiger partial charge in [0.15, 0.2) is 0 Å². The lowest BCUT2D eigenvalue weighted by Gasteiger charge is -2.39. The van der Waals surface area contributed by atoms with Crippen LogP contribution in [0.3, 0.4) is 0 Å². The van der Waals surface area contributed by atoms with Crippen LogP contribution in [0.1, 0.15) is 18.4 Å². The number of hydrogen-bond donors (Lipinski definition) is 2. The average Bonchev–Trinajstić information content (AvgIpc) is 2.82. The predicted octanol–water partition coefficient (Wildman–Crippen LogP) is 1.11. The molecule has 0 aliphatic carbocycles. The molecule has 24 heavy (non-hydrogen) atoms. The number of carbonyl (C=O) groups is 1. The summed E-state index contributed by atoms with van der Waals surface area (Å²) < 4.78 is 2.14. The van der Waals surface area contributed by atoms with Gasteiger partial charge < -0.3 is 4.90 Å². The zero-order valence-corrected chi connectivity index (χ0v) is 14.7. The Balaban J connectivity index is 1.40. The van der Waals surface area contributed by atoms with Gasteiger partial charge in [-0.25, -0.2) is 24.4 Å². The molecular formula is C16H19BrN4O3. The fraction of sp³-hybridized carbons (Fsp3) is 0.438. The SMILES string of the molecule is O=C(CCCn1c(=O)[nH][nH]c1=O)N1CC(Cc2cccc(Br)c2)C1. The third-order valence-corrected chi connectivity index (χ3v) is 4.76. The molecule has 0 bridgehead atoms. The molecule has 1 saturated heterocycles. The summed E-state index contributed by atoms with van der Waals surface area (Å²) in [6.07, 6.45) is 1.80. The Kier molecular flexibility index (Phi) is 5.03. The van der Waals surface area contributed by atoms with Crippen molar-refractivity contribution in [3.05, 3.63) is 55.3 Å². The fourth-order valence-electron chi connectivity index (χ4n) is 2.98. The summed E-state index contributed by atoms with van der Waals surface area (Å²) in [5.41, 5.74) is 0.337. The molecule has 1 aliphatic heterocycles. The first kappa shape index (κ1) is 16.8. The summed E-state index contributed by atoms with van der Waals surface area (Å²) >= 11 is 3.47. The molecule has 0 saturated carbocycles. The van der Waals surface area contributed by atoms with Crippen LogP contribution < -0.4 is 11.4 Å². The Morgan fingerprint density at radius 3 is 2.58 bits per heavy atom. The zero-order valence-electron chi connectivity index (χ0n) is 13.1. The number of aromatic nitrogens is 3. The number of rotatable bonds is 6. The van der Waals surface area contributed by atoms with Crippen LogP contribution in [0, 0.1) is 5.92 Å². The predicted molar refractivity (Wildman–Crippen MR) is 92.8 cm³/mol. The lowest BCUT2D eigenvalue weighted by Crippen LogP contribution is -2.50. The number of nitrogens with zero attached hydrogens (tertiary/aromatic N) is 2. The van der Waals surface area contributed by atoms with E-state index >= 15 is 0 Å². The monoisotopic (exact) mass is 394 g/mol. The van der Waals surface area contributed by atoms with Crippen molar-refractivity contribution in [2.75, 3.05) is 13.1 Å². The van der Waals surface area contributed by atoms with Crippen molar-refractivity contribution in [2.45, 2.75) is 25.8 Å². The molecule has 3 rings (SSSR count). The van der Waals surface area contributed by atoms with E-state index in [0.29, 0.717) is 18.8 Å². The number of hydrogen-bond acceptors (Lipinski definition) is 3. The topological polar surface area (TPSA) is 91.0 Å². The summed E-state index contributed by atoms with van der Waals surface area (Å²) in [4.78, 5) is 36.6. The lowest BCUT2D eigenvalue weighted by atomic mass is 9.92. The minimum Gasteiger partial charge on any atom is -0.342 e. The molecule has 1 aromatic carbocycles. The molecule has 0 spiro atoms. The number of amides is 1. The van der Waals surface area contributed by atoms with Gasteiger partial charge in [0.2, 0.25) is 5.91 Å². The quantitative estimate of drug-likeness (QED) is 0.768. The van der Waals surface area contributed by atoms with Crippen LogP contribution in [-0.4, -0.2) is 38.7 Å². The van der Waals surface area contributed by atoms with Crippen molar-refractivity contribution in [2.24, 2.45) is 5.92 Å². The smallest absolute Gasteiger partial charge is 0.342 e. The van der Waals surface area contributed by atoms with Crippen molar-refractivity contribution in [3.8, 4) is 0 Å². The van der Waals surface area contributed by atoms with Gasteiger partial charge in [-0.3, -0.25) is 4.79 Å². The summed E-state index contributed by atoms with van der Waals surface area (Å²) in [6, 6.07) is 8.23. The van der Waals surface area contributed by atoms with Crippen LogP contribution in [0.25, 0.3) is 0 Å². The molecule has 0 atom stereocenters. The molecule has 128 valence electrons. The third-order valence-electron chi connectivity index (χ3n) is 4.26. The highest BCUT2D eigenvalue weighted by atomic mass is 79.9. The average molecular weight is 395 g/mol. The molecule has 0 unspecified atom stereocenters. The third kappa shape index (κ3) is 3.87. The first-order chi connectivity index (χ1) is 11.5. The number of H-pyrrole nitrogens is 2. The number of halogens is 1. The van der Waals surface area contributed by atoms with E-state index in [-0.39, 0.29) is 12.5 Å². The summed E-state index contributed by atoms with van der Waals surface area (Å²) in [7, 11) is 0. The van der Waals surface area contributed by atoms with Gasteiger partial charge in [0, 0.05) is 30.5 Å². The van der Waals surface area contributed by atoms with Crippen molar-refractivity contribution in [1.29, 1.82) is 0 Å². The number of benzene rings is 1. The van der Waals surface area contributed by atoms with E-state index in [1.165, 1.54) is 5.56 Å². The molecule has 1 aliphatic rings. The van der Waals surface area contributed by atoms with Gasteiger partial charge in [-0.2, -0.15) is 0 Å². The fourth-order valence-corrected chi connectivity index (χ4v) is 3.43. The molecule has 2 heterocycles. The largest absolute Gasteiger partial charge is 0.344 e. The second kappa shape index (κ2) is 7.21. The van der Waals surface area contributed by atoms with E-state index < -0.39 is 11.4 Å². The summed E-state index contributed by atoms with van der Waals surface area (Å²) in [5, 5.41) is 4.45. The maximum atomic E-state index is 12.1. The highest BCUT2D eigenvalue weighted by molar-refractivity contribution is 9.10. The maximum Gasteiger partial charge on any atom is 0.344 e. The highest BCUT2D eigenvalue weighted by Crippen LogP contribution is 2.23. The number of carbonyl (C=O) groups excluding carboxylic acids is 1. The van der Waals surface area contributed by atoms with E-state index in [1.54, 1.807) is 0 Å². The van der Waals surface area contributed by atoms with Gasteiger partial charge >= 0.3 is 11.4 Å². The Bertz CT molecular complexity index is 805. The summed E-state index contributed by atoms with van der Waals surface area (Å²) in [6.45, 7) is 1.80. The van der Waals surface area contributed by atoms with Crippen LogP contribution in [0.5, 0.6) is 0 Å². The Labute approximate surface area is 146 Å². The van der Waals surface area contributed by atoms with Crippen molar-refractivity contribution in [1.82, 2.24) is 19.7 Å². The second-order valence-corrected chi connectivity index (χ2v) is 7.03. The second-order valence-electron chi connectivity index (χ2n) is 6.11. The van der Waals surface area contributed by atoms with E-state index in [2.05, 4.69) is 38.3 Å². The maximum absolute atomic E-state index is 12.1. The molecule has 1 fully saturated rings. The lowest BCUT2D eigenvalue weighted by molar-refractivity contribution is -0.137. The van der Waals surface area contributed by atoms with Crippen LogP contribution >= 0.6 is 15.9 Å². The minimum absolute atomic E-state index is 0.0838. The standard InChI is InChI=1S/C16H19BrN4O3/c17-13-4-1-3-11(8-13)7-12-9-20(10-12)14(22)5-2-6-21-15(23)18-19-16(21)24/h1,3-4,8,12H,2,5-7,9-10H2,(H,18,23)(H,19,24). The van der Waals surface area contributed by atoms with Crippen molar-refractivity contribution < 1.29 is 4.79 Å². The molecule has 2 aromatic rings. The molecule has 7 nitrogen and oxygen atoms in total. The van der Waals surface area contributed by atoms with Gasteiger partial charge in [-0.1, -0.05) is 28.1 Å². The highest BCUT2D eigenvalue weighted by Gasteiger charge is 2.30. The van der Waals surface area contributed by atoms with Gasteiger partial charge in [0.25, 0.3) is 0 Å². The first-order valence-corrected chi connectivity index (χ1v) is 8.72. The molecule has 2 N–H and O–H groups in total.